The van der Waals surface area contributed by atoms with Gasteiger partial charge < -0.3 is 4.57 Å². The summed E-state index contributed by atoms with van der Waals surface area (Å²) in [5.41, 5.74) is 2.01. The largest absolute Gasteiger partial charge is 0.323 e. The maximum atomic E-state index is 11.7. The highest BCUT2D eigenvalue weighted by molar-refractivity contribution is 5.85. The molecule has 0 amide bonds. The summed E-state index contributed by atoms with van der Waals surface area (Å²) in [5.74, 6) is 0.671. The highest BCUT2D eigenvalue weighted by Gasteiger charge is 2.29. The SMILES string of the molecule is O=C(Cn1cnc2ccccc21)C1CC1. The van der Waals surface area contributed by atoms with Gasteiger partial charge in [-0.1, -0.05) is 12.1 Å². The fourth-order valence-corrected chi connectivity index (χ4v) is 1.84. The van der Waals surface area contributed by atoms with Crippen LogP contribution in [-0.2, 0) is 11.3 Å². The van der Waals surface area contributed by atoms with Gasteiger partial charge in [-0.05, 0) is 25.0 Å². The van der Waals surface area contributed by atoms with Crippen LogP contribution < -0.4 is 0 Å². The molecule has 0 radical (unpaired) electrons. The van der Waals surface area contributed by atoms with Gasteiger partial charge in [0.05, 0.1) is 23.9 Å². The first-order valence-corrected chi connectivity index (χ1v) is 5.27. The van der Waals surface area contributed by atoms with E-state index in [0.717, 1.165) is 23.9 Å². The zero-order valence-electron chi connectivity index (χ0n) is 8.39. The molecule has 1 heterocycles. The molecular formula is C12H12N2O. The van der Waals surface area contributed by atoms with Crippen molar-refractivity contribution in [2.24, 2.45) is 5.92 Å². The van der Waals surface area contributed by atoms with Crippen LogP contribution in [0.5, 0.6) is 0 Å². The second-order valence-electron chi connectivity index (χ2n) is 4.10. The van der Waals surface area contributed by atoms with Gasteiger partial charge in [-0.2, -0.15) is 0 Å². The fourth-order valence-electron chi connectivity index (χ4n) is 1.84. The smallest absolute Gasteiger partial charge is 0.155 e. The van der Waals surface area contributed by atoms with E-state index in [1.165, 1.54) is 0 Å². The third-order valence-corrected chi connectivity index (χ3v) is 2.89. The van der Waals surface area contributed by atoms with Crippen molar-refractivity contribution >= 4 is 16.8 Å². The molecule has 1 aromatic carbocycles. The van der Waals surface area contributed by atoms with Crippen LogP contribution in [0.15, 0.2) is 30.6 Å². The molecule has 1 fully saturated rings. The molecule has 3 rings (SSSR count). The van der Waals surface area contributed by atoms with E-state index in [2.05, 4.69) is 4.98 Å². The number of Topliss-reactive ketones (excluding diaryl/α,β-unsaturated/α-hetero) is 1. The predicted molar refractivity (Wildman–Crippen MR) is 57.5 cm³/mol. The Morgan fingerprint density at radius 2 is 2.20 bits per heavy atom. The highest BCUT2D eigenvalue weighted by Crippen LogP contribution is 2.30. The van der Waals surface area contributed by atoms with E-state index in [1.807, 2.05) is 28.8 Å². The lowest BCUT2D eigenvalue weighted by Crippen LogP contribution is -2.10. The van der Waals surface area contributed by atoms with Crippen molar-refractivity contribution < 1.29 is 4.79 Å². The molecule has 0 aliphatic heterocycles. The monoisotopic (exact) mass is 200 g/mol. The highest BCUT2D eigenvalue weighted by atomic mass is 16.1. The number of hydrogen-bond donors (Lipinski definition) is 0. The number of rotatable bonds is 3. The Bertz CT molecular complexity index is 511. The van der Waals surface area contributed by atoms with Gasteiger partial charge >= 0.3 is 0 Å². The summed E-state index contributed by atoms with van der Waals surface area (Å²) < 4.78 is 1.94. The molecule has 1 aromatic heterocycles. The van der Waals surface area contributed by atoms with Crippen molar-refractivity contribution in [3.8, 4) is 0 Å². The van der Waals surface area contributed by atoms with Gasteiger partial charge in [-0.25, -0.2) is 4.98 Å². The Kier molecular flexibility index (Phi) is 1.84. The zero-order valence-corrected chi connectivity index (χ0v) is 8.39. The first-order chi connectivity index (χ1) is 7.34. The van der Waals surface area contributed by atoms with E-state index in [4.69, 9.17) is 0 Å². The number of nitrogens with zero attached hydrogens (tertiary/aromatic N) is 2. The maximum Gasteiger partial charge on any atom is 0.155 e. The number of imidazole rings is 1. The summed E-state index contributed by atoms with van der Waals surface area (Å²) >= 11 is 0. The van der Waals surface area contributed by atoms with E-state index in [1.54, 1.807) is 6.33 Å². The van der Waals surface area contributed by atoms with Crippen LogP contribution in [0.4, 0.5) is 0 Å². The van der Waals surface area contributed by atoms with Crippen molar-refractivity contribution in [2.45, 2.75) is 19.4 Å². The van der Waals surface area contributed by atoms with Crippen LogP contribution >= 0.6 is 0 Å². The third kappa shape index (κ3) is 1.54. The molecule has 15 heavy (non-hydrogen) atoms. The Hall–Kier alpha value is -1.64. The Labute approximate surface area is 87.7 Å². The molecule has 2 aromatic rings. The maximum absolute atomic E-state index is 11.7. The van der Waals surface area contributed by atoms with Crippen molar-refractivity contribution in [1.82, 2.24) is 9.55 Å². The summed E-state index contributed by atoms with van der Waals surface area (Å²) in [6.45, 7) is 0.477. The molecule has 0 N–H and O–H groups in total. The van der Waals surface area contributed by atoms with Crippen LogP contribution in [0, 0.1) is 5.92 Å². The van der Waals surface area contributed by atoms with Gasteiger partial charge in [0.25, 0.3) is 0 Å². The van der Waals surface area contributed by atoms with Crippen molar-refractivity contribution in [2.75, 3.05) is 0 Å². The number of para-hydroxylation sites is 2. The molecule has 1 aliphatic carbocycles. The number of carbonyl (C=O) groups is 1. The molecule has 0 spiro atoms. The summed E-state index contributed by atoms with van der Waals surface area (Å²) in [5, 5.41) is 0. The van der Waals surface area contributed by atoms with E-state index in [-0.39, 0.29) is 0 Å². The predicted octanol–water partition coefficient (Wildman–Crippen LogP) is 2.02. The van der Waals surface area contributed by atoms with Gasteiger partial charge in [0.2, 0.25) is 0 Å². The summed E-state index contributed by atoms with van der Waals surface area (Å²) in [6, 6.07) is 7.90. The van der Waals surface area contributed by atoms with E-state index >= 15 is 0 Å². The molecule has 0 bridgehead atoms. The van der Waals surface area contributed by atoms with Crippen LogP contribution in [0.3, 0.4) is 0 Å². The van der Waals surface area contributed by atoms with Crippen LogP contribution in [-0.4, -0.2) is 15.3 Å². The van der Waals surface area contributed by atoms with Crippen LogP contribution in [0.2, 0.25) is 0 Å². The Balaban J connectivity index is 1.93. The third-order valence-electron chi connectivity index (χ3n) is 2.89. The first-order valence-electron chi connectivity index (χ1n) is 5.27. The summed E-state index contributed by atoms with van der Waals surface area (Å²) in [4.78, 5) is 15.9. The van der Waals surface area contributed by atoms with Crippen molar-refractivity contribution in [1.29, 1.82) is 0 Å². The van der Waals surface area contributed by atoms with Gasteiger partial charge in [0, 0.05) is 5.92 Å². The summed E-state index contributed by atoms with van der Waals surface area (Å²) in [7, 11) is 0. The average Bonchev–Trinajstić information content (AvgIpc) is 3.03. The molecule has 1 aliphatic rings. The lowest BCUT2D eigenvalue weighted by molar-refractivity contribution is -0.120. The lowest BCUT2D eigenvalue weighted by atomic mass is 10.2. The first kappa shape index (κ1) is 8.65. The number of ketones is 1. The Morgan fingerprint density at radius 3 is 3.00 bits per heavy atom. The number of hydrogen-bond acceptors (Lipinski definition) is 2. The molecule has 3 heteroatoms. The number of benzene rings is 1. The Morgan fingerprint density at radius 1 is 1.40 bits per heavy atom. The minimum absolute atomic E-state index is 0.325. The van der Waals surface area contributed by atoms with Gasteiger partial charge in [0.1, 0.15) is 0 Å². The van der Waals surface area contributed by atoms with Crippen molar-refractivity contribution in [3.05, 3.63) is 30.6 Å². The minimum atomic E-state index is 0.325. The molecule has 0 unspecified atom stereocenters. The number of aromatic nitrogens is 2. The fraction of sp³-hybridized carbons (Fsp3) is 0.333. The van der Waals surface area contributed by atoms with Gasteiger partial charge in [-0.3, -0.25) is 4.79 Å². The van der Waals surface area contributed by atoms with E-state index in [0.29, 0.717) is 18.2 Å². The normalized spacial score (nSPS) is 15.7. The molecule has 76 valence electrons. The molecule has 0 atom stereocenters. The van der Waals surface area contributed by atoms with E-state index in [9.17, 15) is 4.79 Å². The summed E-state index contributed by atoms with van der Waals surface area (Å²) in [6.07, 6.45) is 3.90. The van der Waals surface area contributed by atoms with Crippen LogP contribution in [0.1, 0.15) is 12.8 Å². The number of fused-ring (bicyclic) bond motifs is 1. The van der Waals surface area contributed by atoms with Crippen LogP contribution in [0.25, 0.3) is 11.0 Å². The lowest BCUT2D eigenvalue weighted by Gasteiger charge is -2.01. The van der Waals surface area contributed by atoms with Gasteiger partial charge in [-0.15, -0.1) is 0 Å². The topological polar surface area (TPSA) is 34.9 Å². The standard InChI is InChI=1S/C12H12N2O/c15-12(9-5-6-9)7-14-8-13-10-3-1-2-4-11(10)14/h1-4,8-9H,5-7H2. The zero-order chi connectivity index (χ0) is 10.3. The molecule has 1 saturated carbocycles. The molecule has 0 saturated heterocycles. The number of carbonyl (C=O) groups excluding carboxylic acids is 1. The van der Waals surface area contributed by atoms with Crippen molar-refractivity contribution in [3.63, 3.8) is 0 Å². The molecular weight excluding hydrogens is 188 g/mol. The van der Waals surface area contributed by atoms with Gasteiger partial charge in [0.15, 0.2) is 5.78 Å². The quantitative estimate of drug-likeness (QED) is 0.759. The average molecular weight is 200 g/mol. The minimum Gasteiger partial charge on any atom is -0.323 e. The molecule has 3 nitrogen and oxygen atoms in total. The second-order valence-corrected chi connectivity index (χ2v) is 4.10. The van der Waals surface area contributed by atoms with E-state index < -0.39 is 0 Å². The second kappa shape index (κ2) is 3.19.